The number of halogens is 1. The van der Waals surface area contributed by atoms with E-state index < -0.39 is 5.41 Å². The van der Waals surface area contributed by atoms with Crippen LogP contribution in [0, 0.1) is 10.8 Å². The molecule has 3 nitrogen and oxygen atoms in total. The van der Waals surface area contributed by atoms with E-state index in [0.717, 1.165) is 38.6 Å². The van der Waals surface area contributed by atoms with Gasteiger partial charge in [0.05, 0.1) is 11.4 Å². The zero-order chi connectivity index (χ0) is 33.6. The second-order valence-electron chi connectivity index (χ2n) is 17.2. The minimum atomic E-state index is -0.883. The number of hydrogen-bond donors (Lipinski definition) is 0. The molecule has 2 radical (unpaired) electrons. The summed E-state index contributed by atoms with van der Waals surface area (Å²) >= 11 is 3.73. The van der Waals surface area contributed by atoms with E-state index in [0.29, 0.717) is 5.59 Å². The number of fused-ring (bicyclic) bond motifs is 4. The molecule has 0 N–H and O–H groups in total. The number of aromatic nitrogens is 2. The van der Waals surface area contributed by atoms with Crippen LogP contribution in [0.2, 0.25) is 0 Å². The predicted molar refractivity (Wildman–Crippen MR) is 193 cm³/mol. The number of nitrogens with zero attached hydrogens (tertiary/aromatic N) is 2. The first-order valence-electron chi connectivity index (χ1n) is 16.6. The first-order valence-corrected chi connectivity index (χ1v) is 17.4. The third kappa shape index (κ3) is 3.51. The van der Waals surface area contributed by atoms with Crippen molar-refractivity contribution in [2.75, 3.05) is 0 Å². The SMILES string of the molecule is [B]c1cccc(C2(c3cccc(Br)n3)c3cc4c(cc3Oc3cc5c(cc32)C(C)(C)C(C)(C)C5(C)C)C(C)(C)C(C)(C)C4(C)C)n1. The topological polar surface area (TPSA) is 35.0 Å². The molecule has 46 heavy (non-hydrogen) atoms. The quantitative estimate of drug-likeness (QED) is 0.138. The van der Waals surface area contributed by atoms with Gasteiger partial charge in [-0.15, -0.1) is 0 Å². The lowest BCUT2D eigenvalue weighted by molar-refractivity contribution is 0.125. The Bertz CT molecular complexity index is 1820. The van der Waals surface area contributed by atoms with Crippen molar-refractivity contribution in [3.63, 3.8) is 0 Å². The van der Waals surface area contributed by atoms with Crippen LogP contribution in [0.3, 0.4) is 0 Å². The van der Waals surface area contributed by atoms with Gasteiger partial charge in [-0.1, -0.05) is 101 Å². The zero-order valence-electron chi connectivity index (χ0n) is 29.5. The summed E-state index contributed by atoms with van der Waals surface area (Å²) in [5.41, 5.74) is 8.42. The van der Waals surface area contributed by atoms with Crippen molar-refractivity contribution in [2.24, 2.45) is 10.8 Å². The zero-order valence-corrected chi connectivity index (χ0v) is 31.1. The van der Waals surface area contributed by atoms with Gasteiger partial charge in [-0.05, 0) is 119 Å². The number of hydrogen-bond acceptors (Lipinski definition) is 3. The summed E-state index contributed by atoms with van der Waals surface area (Å²) in [7, 11) is 6.51. The van der Waals surface area contributed by atoms with E-state index in [1.807, 2.05) is 18.2 Å². The van der Waals surface area contributed by atoms with E-state index >= 15 is 0 Å². The van der Waals surface area contributed by atoms with Gasteiger partial charge in [-0.2, -0.15) is 0 Å². The fourth-order valence-electron chi connectivity index (χ4n) is 9.12. The Morgan fingerprint density at radius 1 is 0.522 bits per heavy atom. The van der Waals surface area contributed by atoms with Crippen LogP contribution in [0.25, 0.3) is 0 Å². The van der Waals surface area contributed by atoms with Crippen LogP contribution in [0.4, 0.5) is 0 Å². The molecule has 2 aromatic carbocycles. The maximum absolute atomic E-state index is 7.15. The van der Waals surface area contributed by atoms with E-state index in [1.165, 1.54) is 22.3 Å². The van der Waals surface area contributed by atoms with E-state index in [-0.39, 0.29) is 32.5 Å². The predicted octanol–water partition coefficient (Wildman–Crippen LogP) is 9.71. The summed E-state index contributed by atoms with van der Waals surface area (Å²) in [6.45, 7) is 28.7. The lowest BCUT2D eigenvalue weighted by Crippen LogP contribution is -2.42. The summed E-state index contributed by atoms with van der Waals surface area (Å²) in [5.74, 6) is 1.71. The highest BCUT2D eigenvalue weighted by Crippen LogP contribution is 2.67. The number of pyridine rings is 2. The fraction of sp³-hybridized carbons (Fsp3) is 0.463. The van der Waals surface area contributed by atoms with Gasteiger partial charge in [-0.25, -0.2) is 4.98 Å². The Labute approximate surface area is 285 Å². The largest absolute Gasteiger partial charge is 0.457 e. The second-order valence-corrected chi connectivity index (χ2v) is 18.0. The molecule has 4 aromatic rings. The summed E-state index contributed by atoms with van der Waals surface area (Å²) in [6, 6.07) is 21.7. The van der Waals surface area contributed by atoms with E-state index in [2.05, 4.69) is 141 Å². The summed E-state index contributed by atoms with van der Waals surface area (Å²) in [6.07, 6.45) is 0. The fourth-order valence-corrected chi connectivity index (χ4v) is 9.46. The van der Waals surface area contributed by atoms with Crippen LogP contribution in [0.5, 0.6) is 11.5 Å². The molecule has 0 unspecified atom stereocenters. The van der Waals surface area contributed by atoms with E-state index in [4.69, 9.17) is 22.6 Å². The van der Waals surface area contributed by atoms with Crippen molar-refractivity contribution in [1.82, 2.24) is 9.97 Å². The maximum Gasteiger partial charge on any atom is 0.141 e. The average molecular weight is 674 g/mol. The highest BCUT2D eigenvalue weighted by molar-refractivity contribution is 9.10. The molecule has 0 amide bonds. The molecule has 236 valence electrons. The van der Waals surface area contributed by atoms with Crippen LogP contribution >= 0.6 is 15.9 Å². The Morgan fingerprint density at radius 2 is 0.913 bits per heavy atom. The van der Waals surface area contributed by atoms with Crippen molar-refractivity contribution in [2.45, 2.75) is 110 Å². The highest BCUT2D eigenvalue weighted by atomic mass is 79.9. The third-order valence-electron chi connectivity index (χ3n) is 14.5. The lowest BCUT2D eigenvalue weighted by Gasteiger charge is -2.44. The van der Waals surface area contributed by atoms with Crippen molar-refractivity contribution >= 4 is 29.4 Å². The molecule has 1 aliphatic heterocycles. The maximum atomic E-state index is 7.15. The second kappa shape index (κ2) is 9.16. The Balaban J connectivity index is 1.69. The molecule has 0 saturated heterocycles. The van der Waals surface area contributed by atoms with Crippen LogP contribution in [0.15, 0.2) is 65.3 Å². The molecule has 0 atom stereocenters. The number of ether oxygens (including phenoxy) is 1. The van der Waals surface area contributed by atoms with Gasteiger partial charge in [0.25, 0.3) is 0 Å². The first-order chi connectivity index (χ1) is 21.1. The minimum Gasteiger partial charge on any atom is -0.457 e. The van der Waals surface area contributed by atoms with Gasteiger partial charge in [0.15, 0.2) is 0 Å². The molecule has 3 aliphatic rings. The molecule has 0 spiro atoms. The average Bonchev–Trinajstić information content (AvgIpc) is 3.14. The van der Waals surface area contributed by atoms with Gasteiger partial charge < -0.3 is 4.74 Å². The molecule has 0 saturated carbocycles. The normalized spacial score (nSPS) is 22.6. The van der Waals surface area contributed by atoms with Crippen LogP contribution in [-0.4, -0.2) is 17.8 Å². The molecule has 0 bridgehead atoms. The number of benzene rings is 2. The molecule has 2 aromatic heterocycles. The Hall–Kier alpha value is -2.92. The summed E-state index contributed by atoms with van der Waals surface area (Å²) < 4.78 is 7.92. The standard InChI is InChI=1S/C41H46BBrN2O/c1-35(2)23-19-27-29(21-25(23)37(5,6)39(35,9)10)46-30-22-26-24(36(3,4)40(11,12)38(26,7)8)20-28(30)41(27,31-15-13-17-33(42)44-31)32-16-14-18-34(43)45-32/h13-22H,1-12H3. The van der Waals surface area contributed by atoms with Crippen molar-refractivity contribution in [3.8, 4) is 11.5 Å². The summed E-state index contributed by atoms with van der Waals surface area (Å²) in [4.78, 5) is 10.3. The monoisotopic (exact) mass is 672 g/mol. The smallest absolute Gasteiger partial charge is 0.141 e. The number of rotatable bonds is 2. The van der Waals surface area contributed by atoms with Gasteiger partial charge >= 0.3 is 0 Å². The third-order valence-corrected chi connectivity index (χ3v) is 14.9. The van der Waals surface area contributed by atoms with Crippen molar-refractivity contribution in [3.05, 3.63) is 110 Å². The summed E-state index contributed by atoms with van der Waals surface area (Å²) in [5, 5.41) is 0. The molecule has 0 fully saturated rings. The van der Waals surface area contributed by atoms with Crippen molar-refractivity contribution in [1.29, 1.82) is 0 Å². The van der Waals surface area contributed by atoms with Crippen LogP contribution < -0.4 is 10.3 Å². The van der Waals surface area contributed by atoms with Gasteiger partial charge in [0, 0.05) is 11.1 Å². The highest BCUT2D eigenvalue weighted by Gasteiger charge is 2.61. The molecule has 2 aliphatic carbocycles. The van der Waals surface area contributed by atoms with Crippen LogP contribution in [0.1, 0.15) is 128 Å². The Morgan fingerprint density at radius 3 is 1.33 bits per heavy atom. The van der Waals surface area contributed by atoms with Crippen LogP contribution in [-0.2, 0) is 27.1 Å². The lowest BCUT2D eigenvalue weighted by atomic mass is 9.59. The minimum absolute atomic E-state index is 0.00789. The van der Waals surface area contributed by atoms with E-state index in [1.54, 1.807) is 0 Å². The first kappa shape index (κ1) is 31.7. The van der Waals surface area contributed by atoms with Gasteiger partial charge in [0.1, 0.15) is 29.4 Å². The van der Waals surface area contributed by atoms with Crippen molar-refractivity contribution < 1.29 is 4.74 Å². The molecule has 5 heteroatoms. The molecular formula is C41H46BBrN2O. The Kier molecular flexibility index (Phi) is 6.30. The van der Waals surface area contributed by atoms with E-state index in [9.17, 15) is 0 Å². The van der Waals surface area contributed by atoms with Gasteiger partial charge in [0.2, 0.25) is 0 Å². The molecule has 3 heterocycles. The van der Waals surface area contributed by atoms with Gasteiger partial charge in [-0.3, -0.25) is 4.98 Å². The molecule has 7 rings (SSSR count). The molecular weight excluding hydrogens is 627 g/mol.